The van der Waals surface area contributed by atoms with Crippen LogP contribution in [-0.4, -0.2) is 22.5 Å². The first-order chi connectivity index (χ1) is 10.1. The molecule has 2 rings (SSSR count). The van der Waals surface area contributed by atoms with Gasteiger partial charge in [-0.1, -0.05) is 30.3 Å². The summed E-state index contributed by atoms with van der Waals surface area (Å²) in [6.45, 7) is -0.0000633. The van der Waals surface area contributed by atoms with Crippen LogP contribution in [0.3, 0.4) is 0 Å². The van der Waals surface area contributed by atoms with Gasteiger partial charge in [0.05, 0.1) is 0 Å². The van der Waals surface area contributed by atoms with E-state index in [2.05, 4.69) is 15.3 Å². The minimum absolute atomic E-state index is 0.150. The molecule has 1 N–H and O–H groups in total. The summed E-state index contributed by atoms with van der Waals surface area (Å²) in [5.41, 5.74) is 0.470. The van der Waals surface area contributed by atoms with E-state index >= 15 is 0 Å². The van der Waals surface area contributed by atoms with Crippen LogP contribution in [0.1, 0.15) is 17.7 Å². The summed E-state index contributed by atoms with van der Waals surface area (Å²) < 4.78 is 29.9. The lowest BCUT2D eigenvalue weighted by molar-refractivity contribution is -0.142. The average molecular weight is 293 g/mol. The zero-order valence-corrected chi connectivity index (χ0v) is 11.0. The Kier molecular flexibility index (Phi) is 5.14. The van der Waals surface area contributed by atoms with Crippen molar-refractivity contribution < 1.29 is 18.3 Å². The molecule has 0 fully saturated rings. The highest BCUT2D eigenvalue weighted by Gasteiger charge is 2.10. The lowest BCUT2D eigenvalue weighted by atomic mass is 10.2. The number of halogens is 2. The molecule has 0 aliphatic heterocycles. The van der Waals surface area contributed by atoms with Gasteiger partial charge in [0.25, 0.3) is 6.43 Å². The van der Waals surface area contributed by atoms with E-state index in [1.807, 2.05) is 30.3 Å². The van der Waals surface area contributed by atoms with Crippen molar-refractivity contribution in [2.24, 2.45) is 0 Å². The number of ether oxygens (including phenoxy) is 1. The maximum absolute atomic E-state index is 12.4. The lowest BCUT2D eigenvalue weighted by Crippen LogP contribution is -2.17. The Labute approximate surface area is 120 Å². The van der Waals surface area contributed by atoms with Crippen molar-refractivity contribution in [3.05, 3.63) is 54.0 Å². The molecule has 21 heavy (non-hydrogen) atoms. The van der Waals surface area contributed by atoms with Gasteiger partial charge in [0, 0.05) is 6.07 Å². The van der Waals surface area contributed by atoms with E-state index in [1.165, 1.54) is 0 Å². The second-order valence-electron chi connectivity index (χ2n) is 4.13. The van der Waals surface area contributed by atoms with E-state index < -0.39 is 18.1 Å². The molecule has 110 valence electrons. The summed E-state index contributed by atoms with van der Waals surface area (Å²) in [6, 6.07) is 10.3. The number of hydrogen-bond donors (Lipinski definition) is 1. The highest BCUT2D eigenvalue weighted by Crippen LogP contribution is 2.17. The molecule has 0 unspecified atom stereocenters. The van der Waals surface area contributed by atoms with E-state index in [4.69, 9.17) is 4.74 Å². The molecule has 0 saturated carbocycles. The molecule has 0 atom stereocenters. The maximum atomic E-state index is 12.4. The van der Waals surface area contributed by atoms with Crippen molar-refractivity contribution >= 4 is 11.8 Å². The van der Waals surface area contributed by atoms with Gasteiger partial charge in [0.2, 0.25) is 0 Å². The van der Waals surface area contributed by atoms with Crippen LogP contribution in [0.25, 0.3) is 0 Å². The van der Waals surface area contributed by atoms with Crippen molar-refractivity contribution in [1.82, 2.24) is 9.97 Å². The van der Waals surface area contributed by atoms with Gasteiger partial charge in [-0.25, -0.2) is 18.7 Å². The van der Waals surface area contributed by atoms with Crippen LogP contribution in [0.5, 0.6) is 0 Å². The van der Waals surface area contributed by atoms with E-state index in [9.17, 15) is 13.6 Å². The molecular formula is C14H13F2N3O2. The number of carbonyl (C=O) groups excluding carboxylic acids is 1. The van der Waals surface area contributed by atoms with E-state index in [0.29, 0.717) is 0 Å². The number of alkyl halides is 2. The number of nitrogens with one attached hydrogen (secondary N) is 1. The van der Waals surface area contributed by atoms with Crippen molar-refractivity contribution in [3.8, 4) is 0 Å². The van der Waals surface area contributed by atoms with Gasteiger partial charge in [-0.15, -0.1) is 0 Å². The Morgan fingerprint density at radius 1 is 1.24 bits per heavy atom. The van der Waals surface area contributed by atoms with Gasteiger partial charge in [-0.2, -0.15) is 0 Å². The van der Waals surface area contributed by atoms with Gasteiger partial charge in [-0.05, 0) is 5.56 Å². The van der Waals surface area contributed by atoms with Gasteiger partial charge in [-0.3, -0.25) is 4.79 Å². The monoisotopic (exact) mass is 293 g/mol. The molecule has 0 aliphatic rings. The lowest BCUT2D eigenvalue weighted by Gasteiger charge is -2.07. The molecule has 0 spiro atoms. The Hall–Kier alpha value is -2.57. The summed E-state index contributed by atoms with van der Waals surface area (Å²) in [6.07, 6.45) is -1.67. The molecule has 1 heterocycles. The Morgan fingerprint density at radius 2 is 2.00 bits per heavy atom. The molecule has 0 bridgehead atoms. The Morgan fingerprint density at radius 3 is 2.71 bits per heavy atom. The van der Waals surface area contributed by atoms with Gasteiger partial charge >= 0.3 is 5.97 Å². The number of benzene rings is 1. The first kappa shape index (κ1) is 14.8. The third kappa shape index (κ3) is 4.79. The number of carbonyl (C=O) groups is 1. The average Bonchev–Trinajstić information content (AvgIpc) is 2.52. The van der Waals surface area contributed by atoms with Crippen LogP contribution >= 0.6 is 0 Å². The molecule has 0 aliphatic carbocycles. The van der Waals surface area contributed by atoms with Crippen molar-refractivity contribution in [1.29, 1.82) is 0 Å². The van der Waals surface area contributed by atoms with Gasteiger partial charge in [0.1, 0.15) is 31.0 Å². The fourth-order valence-electron chi connectivity index (χ4n) is 1.54. The predicted octanol–water partition coefficient (Wildman–Crippen LogP) is 2.57. The number of esters is 1. The van der Waals surface area contributed by atoms with Gasteiger partial charge in [0.15, 0.2) is 0 Å². The fraction of sp³-hybridized carbons (Fsp3) is 0.214. The molecule has 1 aromatic heterocycles. The zero-order valence-electron chi connectivity index (χ0n) is 11.0. The zero-order chi connectivity index (χ0) is 15.1. The number of anilines is 1. The van der Waals surface area contributed by atoms with Crippen LogP contribution in [0.15, 0.2) is 42.7 Å². The smallest absolute Gasteiger partial charge is 0.325 e. The minimum atomic E-state index is -2.68. The van der Waals surface area contributed by atoms with E-state index in [1.54, 1.807) is 0 Å². The normalized spacial score (nSPS) is 10.4. The molecule has 2 aromatic rings. The third-order valence-electron chi connectivity index (χ3n) is 2.57. The summed E-state index contributed by atoms with van der Waals surface area (Å²) >= 11 is 0. The molecule has 0 amide bonds. The van der Waals surface area contributed by atoms with Crippen LogP contribution < -0.4 is 5.32 Å². The molecular weight excluding hydrogens is 280 g/mol. The SMILES string of the molecule is O=C(CNc1cc(C(F)F)ncn1)OCc1ccccc1. The predicted molar refractivity (Wildman–Crippen MR) is 71.7 cm³/mol. The molecule has 7 heteroatoms. The maximum Gasteiger partial charge on any atom is 0.325 e. The van der Waals surface area contributed by atoms with Crippen molar-refractivity contribution in [2.75, 3.05) is 11.9 Å². The first-order valence-corrected chi connectivity index (χ1v) is 6.18. The van der Waals surface area contributed by atoms with Crippen molar-refractivity contribution in [3.63, 3.8) is 0 Å². The quantitative estimate of drug-likeness (QED) is 0.829. The van der Waals surface area contributed by atoms with Crippen LogP contribution in [0.2, 0.25) is 0 Å². The first-order valence-electron chi connectivity index (χ1n) is 6.18. The summed E-state index contributed by atoms with van der Waals surface area (Å²) in [5, 5.41) is 2.62. The number of hydrogen-bond acceptors (Lipinski definition) is 5. The minimum Gasteiger partial charge on any atom is -0.460 e. The van der Waals surface area contributed by atoms with Crippen LogP contribution in [-0.2, 0) is 16.1 Å². The van der Waals surface area contributed by atoms with Crippen molar-refractivity contribution in [2.45, 2.75) is 13.0 Å². The number of rotatable bonds is 6. The number of nitrogens with zero attached hydrogens (tertiary/aromatic N) is 2. The second-order valence-corrected chi connectivity index (χ2v) is 4.13. The number of aromatic nitrogens is 2. The van der Waals surface area contributed by atoms with Crippen LogP contribution in [0.4, 0.5) is 14.6 Å². The Balaban J connectivity index is 1.80. The topological polar surface area (TPSA) is 64.1 Å². The standard InChI is InChI=1S/C14H13F2N3O2/c15-14(16)11-6-12(19-9-18-11)17-7-13(20)21-8-10-4-2-1-3-5-10/h1-6,9,14H,7-8H2,(H,17,18,19). The second kappa shape index (κ2) is 7.28. The molecule has 1 aromatic carbocycles. The van der Waals surface area contributed by atoms with E-state index in [0.717, 1.165) is 18.0 Å². The molecule has 5 nitrogen and oxygen atoms in total. The highest BCUT2D eigenvalue weighted by molar-refractivity contribution is 5.74. The summed E-state index contributed by atoms with van der Waals surface area (Å²) in [4.78, 5) is 18.7. The third-order valence-corrected chi connectivity index (χ3v) is 2.57. The van der Waals surface area contributed by atoms with Gasteiger partial charge < -0.3 is 10.1 Å². The highest BCUT2D eigenvalue weighted by atomic mass is 19.3. The van der Waals surface area contributed by atoms with Crippen LogP contribution in [0, 0.1) is 0 Å². The van der Waals surface area contributed by atoms with E-state index in [-0.39, 0.29) is 19.0 Å². The summed E-state index contributed by atoms with van der Waals surface area (Å²) in [5.74, 6) is -0.354. The summed E-state index contributed by atoms with van der Waals surface area (Å²) in [7, 11) is 0. The molecule has 0 radical (unpaired) electrons. The Bertz CT molecular complexity index is 594. The largest absolute Gasteiger partial charge is 0.460 e. The molecule has 0 saturated heterocycles. The fourth-order valence-corrected chi connectivity index (χ4v) is 1.54.